The van der Waals surface area contributed by atoms with E-state index in [9.17, 15) is 5.11 Å². The van der Waals surface area contributed by atoms with Crippen molar-refractivity contribution in [3.8, 4) is 0 Å². The molecule has 0 radical (unpaired) electrons. The molecule has 0 aliphatic rings. The van der Waals surface area contributed by atoms with Crippen molar-refractivity contribution < 1.29 is 5.11 Å². The largest absolute Gasteiger partial charge is 0.379 e. The fraction of sp³-hybridized carbons (Fsp3) is 1.00. The standard InChI is InChI=1S/C9H22N2O/c1-4-11(9(3)12)7-5-6-8(2)10/h8-9,12H,4-7,10H2,1-3H3. The van der Waals surface area contributed by atoms with Crippen LogP contribution in [0.25, 0.3) is 0 Å². The highest BCUT2D eigenvalue weighted by molar-refractivity contribution is 4.59. The summed E-state index contributed by atoms with van der Waals surface area (Å²) in [4.78, 5) is 2.03. The van der Waals surface area contributed by atoms with Crippen LogP contribution in [0, 0.1) is 0 Å². The predicted molar refractivity (Wildman–Crippen MR) is 51.8 cm³/mol. The van der Waals surface area contributed by atoms with Crippen LogP contribution in [0.4, 0.5) is 0 Å². The Balaban J connectivity index is 3.45. The van der Waals surface area contributed by atoms with E-state index in [0.717, 1.165) is 25.9 Å². The zero-order chi connectivity index (χ0) is 9.56. The van der Waals surface area contributed by atoms with Gasteiger partial charge in [0.05, 0.1) is 0 Å². The summed E-state index contributed by atoms with van der Waals surface area (Å²) in [5, 5.41) is 9.27. The van der Waals surface area contributed by atoms with Gasteiger partial charge in [-0.25, -0.2) is 0 Å². The van der Waals surface area contributed by atoms with Gasteiger partial charge < -0.3 is 10.8 Å². The molecule has 0 saturated heterocycles. The predicted octanol–water partition coefficient (Wildman–Crippen LogP) is 0.774. The number of rotatable bonds is 6. The molecule has 3 nitrogen and oxygen atoms in total. The van der Waals surface area contributed by atoms with Crippen LogP contribution in [0.2, 0.25) is 0 Å². The molecule has 74 valence electrons. The molecule has 0 bridgehead atoms. The highest BCUT2D eigenvalue weighted by atomic mass is 16.3. The smallest absolute Gasteiger partial charge is 0.104 e. The summed E-state index contributed by atoms with van der Waals surface area (Å²) in [5.41, 5.74) is 5.62. The summed E-state index contributed by atoms with van der Waals surface area (Å²) in [7, 11) is 0. The molecule has 0 saturated carbocycles. The zero-order valence-corrected chi connectivity index (χ0v) is 8.45. The lowest BCUT2D eigenvalue weighted by Gasteiger charge is -2.23. The van der Waals surface area contributed by atoms with Gasteiger partial charge in [-0.05, 0) is 33.2 Å². The highest BCUT2D eigenvalue weighted by Crippen LogP contribution is 2.00. The second-order valence-corrected chi connectivity index (χ2v) is 3.38. The maximum absolute atomic E-state index is 9.27. The number of aliphatic hydroxyl groups is 1. The van der Waals surface area contributed by atoms with Crippen LogP contribution >= 0.6 is 0 Å². The van der Waals surface area contributed by atoms with Crippen LogP contribution < -0.4 is 5.73 Å². The van der Waals surface area contributed by atoms with Crippen LogP contribution in [0.15, 0.2) is 0 Å². The average Bonchev–Trinajstić information content (AvgIpc) is 1.96. The van der Waals surface area contributed by atoms with Gasteiger partial charge in [-0.1, -0.05) is 6.92 Å². The normalized spacial score (nSPS) is 16.5. The lowest BCUT2D eigenvalue weighted by molar-refractivity contribution is 0.0213. The number of hydrogen-bond donors (Lipinski definition) is 2. The van der Waals surface area contributed by atoms with Gasteiger partial charge in [0.25, 0.3) is 0 Å². The average molecular weight is 174 g/mol. The van der Waals surface area contributed by atoms with Crippen molar-refractivity contribution in [2.75, 3.05) is 13.1 Å². The van der Waals surface area contributed by atoms with Crippen LogP contribution in [0.3, 0.4) is 0 Å². The Labute approximate surface area is 75.6 Å². The molecule has 0 spiro atoms. The van der Waals surface area contributed by atoms with Crippen LogP contribution in [0.1, 0.15) is 33.6 Å². The first-order valence-electron chi connectivity index (χ1n) is 4.75. The molecule has 0 fully saturated rings. The van der Waals surface area contributed by atoms with Crippen LogP contribution in [0.5, 0.6) is 0 Å². The summed E-state index contributed by atoms with van der Waals surface area (Å²) in [6.45, 7) is 7.71. The van der Waals surface area contributed by atoms with Gasteiger partial charge in [-0.2, -0.15) is 0 Å². The molecule has 0 aromatic heterocycles. The highest BCUT2D eigenvalue weighted by Gasteiger charge is 2.07. The van der Waals surface area contributed by atoms with E-state index in [1.54, 1.807) is 6.92 Å². The SMILES string of the molecule is CCN(CCCC(C)N)C(C)O. The van der Waals surface area contributed by atoms with E-state index >= 15 is 0 Å². The summed E-state index contributed by atoms with van der Waals surface area (Å²) in [6.07, 6.45) is 1.77. The van der Waals surface area contributed by atoms with Crippen molar-refractivity contribution >= 4 is 0 Å². The lowest BCUT2D eigenvalue weighted by Crippen LogP contribution is -2.34. The maximum Gasteiger partial charge on any atom is 0.104 e. The van der Waals surface area contributed by atoms with Crippen LogP contribution in [-0.4, -0.2) is 35.4 Å². The molecule has 0 rings (SSSR count). The van der Waals surface area contributed by atoms with Gasteiger partial charge >= 0.3 is 0 Å². The minimum Gasteiger partial charge on any atom is -0.379 e. The molecule has 0 aliphatic heterocycles. The fourth-order valence-corrected chi connectivity index (χ4v) is 1.23. The van der Waals surface area contributed by atoms with Crippen molar-refractivity contribution in [2.45, 2.75) is 45.9 Å². The third kappa shape index (κ3) is 5.52. The van der Waals surface area contributed by atoms with Gasteiger partial charge in [-0.3, -0.25) is 4.90 Å². The van der Waals surface area contributed by atoms with Crippen molar-refractivity contribution in [1.29, 1.82) is 0 Å². The Hall–Kier alpha value is -0.120. The number of hydrogen-bond acceptors (Lipinski definition) is 3. The Kier molecular flexibility index (Phi) is 6.34. The number of nitrogens with two attached hydrogens (primary N) is 1. The second-order valence-electron chi connectivity index (χ2n) is 3.38. The fourth-order valence-electron chi connectivity index (χ4n) is 1.23. The quantitative estimate of drug-likeness (QED) is 0.585. The third-order valence-corrected chi connectivity index (χ3v) is 2.04. The van der Waals surface area contributed by atoms with E-state index in [1.807, 2.05) is 11.8 Å². The van der Waals surface area contributed by atoms with Gasteiger partial charge in [0.15, 0.2) is 0 Å². The van der Waals surface area contributed by atoms with Crippen molar-refractivity contribution in [3.63, 3.8) is 0 Å². The molecular weight excluding hydrogens is 152 g/mol. The molecule has 0 aromatic carbocycles. The molecule has 0 heterocycles. The summed E-state index contributed by atoms with van der Waals surface area (Å²) in [6, 6.07) is 0.276. The number of aliphatic hydroxyl groups excluding tert-OH is 1. The maximum atomic E-state index is 9.27. The van der Waals surface area contributed by atoms with E-state index in [2.05, 4.69) is 6.92 Å². The lowest BCUT2D eigenvalue weighted by atomic mass is 10.2. The van der Waals surface area contributed by atoms with E-state index in [0.29, 0.717) is 0 Å². The van der Waals surface area contributed by atoms with Gasteiger partial charge in [-0.15, -0.1) is 0 Å². The summed E-state index contributed by atoms with van der Waals surface area (Å²) < 4.78 is 0. The van der Waals surface area contributed by atoms with Crippen molar-refractivity contribution in [1.82, 2.24) is 4.90 Å². The summed E-state index contributed by atoms with van der Waals surface area (Å²) >= 11 is 0. The van der Waals surface area contributed by atoms with E-state index in [4.69, 9.17) is 5.73 Å². The van der Waals surface area contributed by atoms with Gasteiger partial charge in [0.2, 0.25) is 0 Å². The Morgan fingerprint density at radius 3 is 2.33 bits per heavy atom. The minimum atomic E-state index is -0.330. The third-order valence-electron chi connectivity index (χ3n) is 2.04. The minimum absolute atomic E-state index is 0.276. The Morgan fingerprint density at radius 2 is 2.00 bits per heavy atom. The molecule has 3 N–H and O–H groups in total. The van der Waals surface area contributed by atoms with Crippen LogP contribution in [-0.2, 0) is 0 Å². The molecule has 0 aromatic rings. The van der Waals surface area contributed by atoms with E-state index in [1.165, 1.54) is 0 Å². The number of nitrogens with zero attached hydrogens (tertiary/aromatic N) is 1. The topological polar surface area (TPSA) is 49.5 Å². The first kappa shape index (κ1) is 11.9. The molecule has 12 heavy (non-hydrogen) atoms. The first-order chi connectivity index (χ1) is 5.57. The molecule has 3 heteroatoms. The van der Waals surface area contributed by atoms with Crippen molar-refractivity contribution in [2.24, 2.45) is 5.73 Å². The summed E-state index contributed by atoms with van der Waals surface area (Å²) in [5.74, 6) is 0. The first-order valence-corrected chi connectivity index (χ1v) is 4.75. The molecule has 2 atom stereocenters. The van der Waals surface area contributed by atoms with Gasteiger partial charge in [0.1, 0.15) is 6.23 Å². The molecular formula is C9H22N2O. The van der Waals surface area contributed by atoms with Gasteiger partial charge in [0, 0.05) is 12.6 Å². The Bertz CT molecular complexity index is 105. The monoisotopic (exact) mass is 174 g/mol. The van der Waals surface area contributed by atoms with E-state index in [-0.39, 0.29) is 12.3 Å². The molecule has 0 amide bonds. The molecule has 2 unspecified atom stereocenters. The Morgan fingerprint density at radius 1 is 1.42 bits per heavy atom. The zero-order valence-electron chi connectivity index (χ0n) is 8.45. The van der Waals surface area contributed by atoms with Crippen molar-refractivity contribution in [3.05, 3.63) is 0 Å². The second kappa shape index (κ2) is 6.40. The van der Waals surface area contributed by atoms with E-state index < -0.39 is 0 Å². The molecule has 0 aliphatic carbocycles.